The van der Waals surface area contributed by atoms with Gasteiger partial charge in [0.05, 0.1) is 6.42 Å². The maximum atomic E-state index is 10.3. The second kappa shape index (κ2) is 6.89. The van der Waals surface area contributed by atoms with Gasteiger partial charge in [0.1, 0.15) is 0 Å². The first-order chi connectivity index (χ1) is 5.56. The quantitative estimate of drug-likeness (QED) is 0.765. The van der Waals surface area contributed by atoms with Crippen LogP contribution in [0.3, 0.4) is 0 Å². The first kappa shape index (κ1) is 12.4. The van der Waals surface area contributed by atoms with Gasteiger partial charge in [-0.3, -0.25) is 4.79 Å². The van der Waals surface area contributed by atoms with Gasteiger partial charge >= 0.3 is 5.97 Å². The zero-order valence-electron chi connectivity index (χ0n) is 7.09. The second-order valence-corrected chi connectivity index (χ2v) is 5.41. The van der Waals surface area contributed by atoms with Crippen molar-refractivity contribution in [2.75, 3.05) is 0 Å². The Morgan fingerprint density at radius 3 is 2.42 bits per heavy atom. The summed E-state index contributed by atoms with van der Waals surface area (Å²) in [6.07, 6.45) is 3.30. The Kier molecular flexibility index (Phi) is 7.14. The molecule has 4 heteroatoms. The summed E-state index contributed by atoms with van der Waals surface area (Å²) >= 11 is 6.84. The van der Waals surface area contributed by atoms with Gasteiger partial charge in [0, 0.05) is 9.65 Å². The monoisotopic (exact) mass is 300 g/mol. The lowest BCUT2D eigenvalue weighted by Crippen LogP contribution is -2.11. The van der Waals surface area contributed by atoms with Gasteiger partial charge in [-0.2, -0.15) is 0 Å². The molecule has 0 rings (SSSR count). The summed E-state index contributed by atoms with van der Waals surface area (Å²) in [5.74, 6) is -0.743. The van der Waals surface area contributed by atoms with Gasteiger partial charge < -0.3 is 5.11 Å². The summed E-state index contributed by atoms with van der Waals surface area (Å²) in [6, 6.07) is 0. The van der Waals surface area contributed by atoms with E-state index in [0.29, 0.717) is 4.83 Å². The van der Waals surface area contributed by atoms with E-state index >= 15 is 0 Å². The van der Waals surface area contributed by atoms with Crippen LogP contribution in [-0.4, -0.2) is 20.7 Å². The van der Waals surface area contributed by atoms with E-state index in [1.807, 2.05) is 0 Å². The standard InChI is InChI=1S/C8H14Br2O2/c1-2-3-6(9)4-7(10)5-8(11)12/h6-7H,2-5H2,1H3,(H,11,12). The Balaban J connectivity index is 3.53. The SMILES string of the molecule is CCCC(Br)CC(Br)CC(=O)O. The van der Waals surface area contributed by atoms with Crippen molar-refractivity contribution in [1.82, 2.24) is 0 Å². The molecule has 1 N–H and O–H groups in total. The Morgan fingerprint density at radius 1 is 1.42 bits per heavy atom. The zero-order valence-corrected chi connectivity index (χ0v) is 10.3. The number of rotatable bonds is 6. The average molecular weight is 302 g/mol. The van der Waals surface area contributed by atoms with Gasteiger partial charge in [-0.25, -0.2) is 0 Å². The normalized spacial score (nSPS) is 15.6. The molecule has 0 aromatic carbocycles. The minimum atomic E-state index is -0.743. The number of hydrogen-bond acceptors (Lipinski definition) is 1. The average Bonchev–Trinajstić information content (AvgIpc) is 1.84. The molecule has 0 aromatic rings. The third-order valence-electron chi connectivity index (χ3n) is 1.51. The van der Waals surface area contributed by atoms with Crippen LogP contribution < -0.4 is 0 Å². The third-order valence-corrected chi connectivity index (χ3v) is 3.04. The number of hydrogen-bond donors (Lipinski definition) is 1. The lowest BCUT2D eigenvalue weighted by molar-refractivity contribution is -0.136. The fourth-order valence-corrected chi connectivity index (χ4v) is 3.12. The van der Waals surface area contributed by atoms with E-state index in [1.165, 1.54) is 0 Å². The number of aliphatic carboxylic acids is 1. The molecule has 0 aliphatic rings. The van der Waals surface area contributed by atoms with Gasteiger partial charge in [-0.15, -0.1) is 0 Å². The van der Waals surface area contributed by atoms with Crippen LogP contribution in [0.4, 0.5) is 0 Å². The molecule has 0 aliphatic heterocycles. The van der Waals surface area contributed by atoms with Crippen LogP contribution in [0.2, 0.25) is 0 Å². The van der Waals surface area contributed by atoms with E-state index in [0.717, 1.165) is 19.3 Å². The molecule has 2 atom stereocenters. The molecule has 2 nitrogen and oxygen atoms in total. The smallest absolute Gasteiger partial charge is 0.304 e. The molecule has 0 spiro atoms. The first-order valence-electron chi connectivity index (χ1n) is 4.06. The number of carboxylic acid groups (broad SMARTS) is 1. The summed E-state index contributed by atoms with van der Waals surface area (Å²) in [6.45, 7) is 2.12. The molecular formula is C8H14Br2O2. The molecule has 0 bridgehead atoms. The molecule has 0 radical (unpaired) electrons. The van der Waals surface area contributed by atoms with Crippen molar-refractivity contribution in [2.45, 2.75) is 42.3 Å². The molecule has 0 saturated heterocycles. The molecule has 2 unspecified atom stereocenters. The molecule has 0 saturated carbocycles. The molecule has 0 heterocycles. The molecule has 0 fully saturated rings. The van der Waals surface area contributed by atoms with Crippen molar-refractivity contribution in [3.8, 4) is 0 Å². The van der Waals surface area contributed by atoms with Crippen LogP contribution in [0.5, 0.6) is 0 Å². The minimum absolute atomic E-state index is 0.0888. The molecule has 0 aliphatic carbocycles. The fraction of sp³-hybridized carbons (Fsp3) is 0.875. The van der Waals surface area contributed by atoms with Gasteiger partial charge in [0.25, 0.3) is 0 Å². The lowest BCUT2D eigenvalue weighted by Gasteiger charge is -2.11. The summed E-state index contributed by atoms with van der Waals surface area (Å²) in [7, 11) is 0. The Bertz CT molecular complexity index is 139. The predicted octanol–water partition coefficient (Wildman–Crippen LogP) is 3.18. The highest BCUT2D eigenvalue weighted by Gasteiger charge is 2.13. The Morgan fingerprint density at radius 2 is 2.00 bits per heavy atom. The van der Waals surface area contributed by atoms with Gasteiger partial charge in [-0.05, 0) is 12.8 Å². The molecule has 0 amide bonds. The van der Waals surface area contributed by atoms with Crippen LogP contribution in [-0.2, 0) is 4.79 Å². The summed E-state index contributed by atoms with van der Waals surface area (Å²) in [5.41, 5.74) is 0. The second-order valence-electron chi connectivity index (χ2n) is 2.82. The van der Waals surface area contributed by atoms with Crippen molar-refractivity contribution in [3.63, 3.8) is 0 Å². The highest BCUT2D eigenvalue weighted by molar-refractivity contribution is 9.10. The van der Waals surface area contributed by atoms with Crippen molar-refractivity contribution in [2.24, 2.45) is 0 Å². The van der Waals surface area contributed by atoms with Crippen molar-refractivity contribution < 1.29 is 9.90 Å². The molecule has 12 heavy (non-hydrogen) atoms. The number of carbonyl (C=O) groups is 1. The van der Waals surface area contributed by atoms with Gasteiger partial charge in [0.2, 0.25) is 0 Å². The van der Waals surface area contributed by atoms with Gasteiger partial charge in [0.15, 0.2) is 0 Å². The van der Waals surface area contributed by atoms with Gasteiger partial charge in [-0.1, -0.05) is 45.2 Å². The largest absolute Gasteiger partial charge is 0.481 e. The van der Waals surface area contributed by atoms with E-state index in [4.69, 9.17) is 5.11 Å². The lowest BCUT2D eigenvalue weighted by atomic mass is 10.1. The van der Waals surface area contributed by atoms with Crippen LogP contribution in [0.25, 0.3) is 0 Å². The molecule has 72 valence electrons. The van der Waals surface area contributed by atoms with Crippen LogP contribution in [0.1, 0.15) is 32.6 Å². The molecular weight excluding hydrogens is 288 g/mol. The van der Waals surface area contributed by atoms with Crippen LogP contribution in [0.15, 0.2) is 0 Å². The summed E-state index contributed by atoms with van der Waals surface area (Å²) in [5, 5.41) is 8.48. The van der Waals surface area contributed by atoms with E-state index in [9.17, 15) is 4.79 Å². The van der Waals surface area contributed by atoms with Crippen molar-refractivity contribution in [1.29, 1.82) is 0 Å². The van der Waals surface area contributed by atoms with E-state index in [1.54, 1.807) is 0 Å². The van der Waals surface area contributed by atoms with Crippen LogP contribution >= 0.6 is 31.9 Å². The van der Waals surface area contributed by atoms with Crippen molar-refractivity contribution >= 4 is 37.8 Å². The number of carboxylic acids is 1. The van der Waals surface area contributed by atoms with Crippen molar-refractivity contribution in [3.05, 3.63) is 0 Å². The Hall–Kier alpha value is 0.430. The third kappa shape index (κ3) is 7.10. The van der Waals surface area contributed by atoms with E-state index in [-0.39, 0.29) is 11.2 Å². The minimum Gasteiger partial charge on any atom is -0.481 e. The maximum absolute atomic E-state index is 10.3. The first-order valence-corrected chi connectivity index (χ1v) is 5.89. The highest BCUT2D eigenvalue weighted by Crippen LogP contribution is 2.20. The van der Waals surface area contributed by atoms with E-state index < -0.39 is 5.97 Å². The zero-order chi connectivity index (χ0) is 9.56. The summed E-state index contributed by atoms with van der Waals surface area (Å²) in [4.78, 5) is 10.8. The number of alkyl halides is 2. The fourth-order valence-electron chi connectivity index (χ4n) is 0.981. The molecule has 0 aromatic heterocycles. The summed E-state index contributed by atoms with van der Waals surface area (Å²) < 4.78 is 0. The number of halogens is 2. The highest BCUT2D eigenvalue weighted by atomic mass is 79.9. The maximum Gasteiger partial charge on any atom is 0.304 e. The van der Waals surface area contributed by atoms with E-state index in [2.05, 4.69) is 38.8 Å². The topological polar surface area (TPSA) is 37.3 Å². The Labute approximate surface area is 90.0 Å². The predicted molar refractivity (Wildman–Crippen MR) is 57.2 cm³/mol. The van der Waals surface area contributed by atoms with Crippen LogP contribution in [0, 0.1) is 0 Å².